The highest BCUT2D eigenvalue weighted by Crippen LogP contribution is 2.46. The predicted octanol–water partition coefficient (Wildman–Crippen LogP) is 16.6. The van der Waals surface area contributed by atoms with Crippen molar-refractivity contribution in [3.05, 3.63) is 201 Å². The number of nitrogens with one attached hydrogen (secondary N) is 1. The van der Waals surface area contributed by atoms with Crippen molar-refractivity contribution in [3.8, 4) is 5.75 Å². The number of anilines is 1. The van der Waals surface area contributed by atoms with E-state index in [0.717, 1.165) is 219 Å². The molecule has 3 saturated heterocycles. The molecule has 4 N–H and O–H groups in total. The predicted molar refractivity (Wildman–Crippen MR) is 407 cm³/mol. The zero-order valence-corrected chi connectivity index (χ0v) is 61.7. The smallest absolute Gasteiger partial charge is 0.133 e. The first-order valence-corrected chi connectivity index (χ1v) is 39.8. The van der Waals surface area contributed by atoms with Gasteiger partial charge in [0.05, 0.1) is 43.5 Å². The van der Waals surface area contributed by atoms with Crippen molar-refractivity contribution < 1.29 is 34.3 Å². The summed E-state index contributed by atoms with van der Waals surface area (Å²) in [6, 6.07) is 22.8. The van der Waals surface area contributed by atoms with E-state index in [0.29, 0.717) is 17.8 Å². The highest BCUT2D eigenvalue weighted by Gasteiger charge is 2.39. The van der Waals surface area contributed by atoms with Crippen molar-refractivity contribution in [1.29, 1.82) is 0 Å². The zero-order chi connectivity index (χ0) is 70.9. The first-order chi connectivity index (χ1) is 50.5. The highest BCUT2D eigenvalue weighted by atomic mass is 16.5. The second kappa shape index (κ2) is 36.7. The van der Waals surface area contributed by atoms with Gasteiger partial charge in [0.2, 0.25) is 0 Å². The Morgan fingerprint density at radius 1 is 0.466 bits per heavy atom. The number of aliphatic hydroxyl groups excluding tert-OH is 3. The quantitative estimate of drug-likeness (QED) is 0.0237. The first kappa shape index (κ1) is 74.2. The van der Waals surface area contributed by atoms with Crippen LogP contribution in [0.5, 0.6) is 5.75 Å². The highest BCUT2D eigenvalue weighted by molar-refractivity contribution is 5.55. The third kappa shape index (κ3) is 19.5. The summed E-state index contributed by atoms with van der Waals surface area (Å²) in [4.78, 5) is 35.6. The Kier molecular flexibility index (Phi) is 26.4. The Labute approximate surface area is 613 Å². The van der Waals surface area contributed by atoms with Gasteiger partial charge in [0.25, 0.3) is 0 Å². The van der Waals surface area contributed by atoms with E-state index in [9.17, 15) is 15.3 Å². The molecule has 0 radical (unpaired) electrons. The summed E-state index contributed by atoms with van der Waals surface area (Å²) >= 11 is 0. The fourth-order valence-corrected chi connectivity index (χ4v) is 17.1. The number of fused-ring (bicyclic) bond motifs is 3. The summed E-state index contributed by atoms with van der Waals surface area (Å²) in [5.41, 5.74) is 17.1. The first-order valence-electron chi connectivity index (χ1n) is 39.8. The van der Waals surface area contributed by atoms with E-state index in [1.807, 2.05) is 36.8 Å². The molecule has 6 aromatic heterocycles. The lowest BCUT2D eigenvalue weighted by atomic mass is 9.79. The molecule has 10 heterocycles. The largest absolute Gasteiger partial charge is 0.511 e. The van der Waals surface area contributed by atoms with E-state index in [1.54, 1.807) is 7.11 Å². The van der Waals surface area contributed by atoms with E-state index in [1.165, 1.54) is 129 Å². The summed E-state index contributed by atoms with van der Waals surface area (Å²) in [6.07, 6.45) is 40.2. The average molecular weight is 1400 g/mol. The van der Waals surface area contributed by atoms with Crippen LogP contribution in [0.15, 0.2) is 122 Å². The Bertz CT molecular complexity index is 3600. The molecule has 6 aromatic rings. The molecule has 0 spiro atoms. The number of aliphatic hydroxyl groups is 3. The van der Waals surface area contributed by atoms with Gasteiger partial charge in [-0.2, -0.15) is 0 Å². The minimum Gasteiger partial charge on any atom is -0.511 e. The maximum absolute atomic E-state index is 10.5. The molecule has 15 rings (SSSR count). The van der Waals surface area contributed by atoms with Gasteiger partial charge in [-0.1, -0.05) is 62.9 Å². The van der Waals surface area contributed by atoms with Crippen LogP contribution in [0.25, 0.3) is 0 Å². The molecule has 6 atom stereocenters. The van der Waals surface area contributed by atoms with Crippen molar-refractivity contribution in [1.82, 2.24) is 44.6 Å². The zero-order valence-electron chi connectivity index (χ0n) is 61.7. The molecule has 6 fully saturated rings. The average Bonchev–Trinajstić information content (AvgIpc) is 1.75. The Morgan fingerprint density at radius 2 is 0.874 bits per heavy atom. The number of methoxy groups -OCH3 is 1. The Hall–Kier alpha value is -7.12. The molecule has 0 aromatic carbocycles. The van der Waals surface area contributed by atoms with Crippen molar-refractivity contribution in [2.24, 2.45) is 0 Å². The third-order valence-corrected chi connectivity index (χ3v) is 23.3. The number of nitrogens with zero attached hydrogens (tertiary/aromatic N) is 9. The lowest BCUT2D eigenvalue weighted by Gasteiger charge is -2.32. The molecule has 552 valence electrons. The van der Waals surface area contributed by atoms with Gasteiger partial charge in [-0.25, -0.2) is 4.98 Å². The van der Waals surface area contributed by atoms with Gasteiger partial charge in [0.1, 0.15) is 28.8 Å². The molecular formula is C86H116N10O7. The summed E-state index contributed by atoms with van der Waals surface area (Å²) in [5, 5.41) is 34.9. The number of likely N-dealkylation sites (tertiary alicyclic amines) is 3. The molecule has 3 saturated carbocycles. The van der Waals surface area contributed by atoms with Crippen LogP contribution in [0.2, 0.25) is 0 Å². The monoisotopic (exact) mass is 1400 g/mol. The fraction of sp³-hybridized carbons (Fsp3) is 0.581. The molecule has 103 heavy (non-hydrogen) atoms. The van der Waals surface area contributed by atoms with E-state index in [4.69, 9.17) is 43.9 Å². The summed E-state index contributed by atoms with van der Waals surface area (Å²) in [7, 11) is 1.74. The second-order valence-corrected chi connectivity index (χ2v) is 30.8. The maximum atomic E-state index is 10.5. The van der Waals surface area contributed by atoms with Gasteiger partial charge in [-0.15, -0.1) is 0 Å². The lowest BCUT2D eigenvalue weighted by molar-refractivity contribution is 0.0521. The number of pyridine rings is 6. The van der Waals surface area contributed by atoms with Crippen molar-refractivity contribution in [3.63, 3.8) is 0 Å². The number of aryl methyl sites for hydroxylation is 7. The maximum Gasteiger partial charge on any atom is 0.133 e. The molecule has 5 aliphatic carbocycles. The molecule has 9 aliphatic rings. The summed E-state index contributed by atoms with van der Waals surface area (Å²) < 4.78 is 24.3. The summed E-state index contributed by atoms with van der Waals surface area (Å²) in [5.74, 6) is 4.16. The number of unbranched alkanes of at least 4 members (excludes halogenated alkanes) is 3. The third-order valence-electron chi connectivity index (χ3n) is 23.3. The van der Waals surface area contributed by atoms with Crippen LogP contribution in [0.3, 0.4) is 0 Å². The SMILES string of the molecule is C=C(O)C(c1cccnc1C1CC1)N1CC[C@@H](OCCCCc2cc(OC)c3c(n2)NCCC3)C1.C=C(O)C(c1cccnc1C1CCC1)N1CC[C@@H](OCCCCc2ccc3c(n2)CCCC3)C1.C=C(O)[C@@H](c1cccnc1C1CCC1)N1CC[C@@H](OCCCCc2ccc3c(n2)CCCC3)C1. The number of rotatable bonds is 31. The van der Waals surface area contributed by atoms with Gasteiger partial charge < -0.3 is 39.6 Å². The van der Waals surface area contributed by atoms with Crippen LogP contribution in [0.4, 0.5) is 5.82 Å². The van der Waals surface area contributed by atoms with Gasteiger partial charge in [-0.3, -0.25) is 39.6 Å². The second-order valence-electron chi connectivity index (χ2n) is 30.8. The summed E-state index contributed by atoms with van der Waals surface area (Å²) in [6.45, 7) is 20.2. The van der Waals surface area contributed by atoms with Gasteiger partial charge >= 0.3 is 0 Å². The Morgan fingerprint density at radius 3 is 1.26 bits per heavy atom. The van der Waals surface area contributed by atoms with Crippen molar-refractivity contribution in [2.45, 2.75) is 247 Å². The van der Waals surface area contributed by atoms with Crippen molar-refractivity contribution >= 4 is 5.82 Å². The van der Waals surface area contributed by atoms with E-state index >= 15 is 0 Å². The molecule has 17 nitrogen and oxygen atoms in total. The number of aromatic nitrogens is 6. The minimum atomic E-state index is -0.202. The minimum absolute atomic E-state index is 0.184. The van der Waals surface area contributed by atoms with Crippen LogP contribution in [-0.4, -0.2) is 151 Å². The van der Waals surface area contributed by atoms with Gasteiger partial charge in [-0.05, 0) is 238 Å². The molecule has 0 amide bonds. The lowest BCUT2D eigenvalue weighted by Crippen LogP contribution is -2.31. The normalized spacial score (nSPS) is 21.4. The topological polar surface area (TPSA) is 197 Å². The molecular weight excluding hydrogens is 1290 g/mol. The van der Waals surface area contributed by atoms with Gasteiger partial charge in [0.15, 0.2) is 0 Å². The van der Waals surface area contributed by atoms with Crippen molar-refractivity contribution in [2.75, 3.05) is 78.1 Å². The molecule has 0 bridgehead atoms. The van der Waals surface area contributed by atoms with Crippen LogP contribution >= 0.6 is 0 Å². The number of hydrogen-bond acceptors (Lipinski definition) is 17. The van der Waals surface area contributed by atoms with Crippen LogP contribution in [0, 0.1) is 0 Å². The fourth-order valence-electron chi connectivity index (χ4n) is 17.1. The number of ether oxygens (including phenoxy) is 4. The molecule has 2 unspecified atom stereocenters. The molecule has 17 heteroatoms. The van der Waals surface area contributed by atoms with E-state index in [-0.39, 0.29) is 53.7 Å². The van der Waals surface area contributed by atoms with Crippen LogP contribution in [-0.2, 0) is 65.6 Å². The molecule has 4 aliphatic heterocycles. The van der Waals surface area contributed by atoms with Crippen LogP contribution in [0.1, 0.15) is 256 Å². The number of hydrogen-bond donors (Lipinski definition) is 4. The van der Waals surface area contributed by atoms with Crippen LogP contribution < -0.4 is 10.1 Å². The Balaban J connectivity index is 0.000000138. The van der Waals surface area contributed by atoms with E-state index < -0.39 is 0 Å². The standard InChI is InChI=1S/2C29H39N3O2.C28H38N4O3/c2*1-21(33)29(26-12-7-17-30-28(26)23-9-6-10-23)32-18-16-25(20-32)34-19-5-4-11-24-15-14-22-8-2-3-13-27(22)31-24;1-19(33)27(24-9-6-13-29-26(24)20-10-11-20)32-15-12-22(18-32)35-16-4-3-7-21-17-25(34-2)23-8-5-14-30-28(23)31-21/h2*7,12,14-15,17,23,25,29,33H,1-6,8-11,13,16,18-20H2;6,9,13,17,20,22,27,33H,1,3-5,7-8,10-12,14-16,18H2,2H3,(H,30,31)/t25-,29?;25-,29+;22-,27?/m111/s1. The van der Waals surface area contributed by atoms with E-state index in [2.05, 4.69) is 93.3 Å². The van der Waals surface area contributed by atoms with Gasteiger partial charge in [0, 0.05) is 159 Å².